The van der Waals surface area contributed by atoms with Crippen LogP contribution in [0, 0.1) is 0 Å². The van der Waals surface area contributed by atoms with Crippen LogP contribution in [-0.2, 0) is 17.9 Å². The van der Waals surface area contributed by atoms with Crippen molar-refractivity contribution < 1.29 is 4.79 Å². The molecular formula is C20H22N4O3. The SMILES string of the molecule is CCNCc1cccc(NC(=O)CCn2[nH]c(=O)c3ccccc3c2=O)c1. The molecule has 3 N–H and O–H groups in total. The first-order valence-corrected chi connectivity index (χ1v) is 8.90. The first-order valence-electron chi connectivity index (χ1n) is 8.90. The third kappa shape index (κ3) is 4.51. The number of aryl methyl sites for hydroxylation is 1. The largest absolute Gasteiger partial charge is 0.326 e. The minimum Gasteiger partial charge on any atom is -0.326 e. The van der Waals surface area contributed by atoms with Crippen LogP contribution in [0.3, 0.4) is 0 Å². The van der Waals surface area contributed by atoms with Gasteiger partial charge in [-0.3, -0.25) is 19.5 Å². The zero-order valence-electron chi connectivity index (χ0n) is 15.1. The number of benzene rings is 2. The number of aromatic nitrogens is 2. The molecule has 27 heavy (non-hydrogen) atoms. The number of nitrogens with zero attached hydrogens (tertiary/aromatic N) is 1. The maximum absolute atomic E-state index is 12.5. The van der Waals surface area contributed by atoms with Gasteiger partial charge in [0.1, 0.15) is 0 Å². The van der Waals surface area contributed by atoms with Gasteiger partial charge < -0.3 is 10.6 Å². The van der Waals surface area contributed by atoms with E-state index in [9.17, 15) is 14.4 Å². The number of anilines is 1. The number of nitrogens with one attached hydrogen (secondary N) is 3. The second-order valence-electron chi connectivity index (χ2n) is 6.22. The Morgan fingerprint density at radius 3 is 2.63 bits per heavy atom. The zero-order chi connectivity index (χ0) is 19.2. The molecule has 0 fully saturated rings. The van der Waals surface area contributed by atoms with E-state index in [2.05, 4.69) is 15.7 Å². The summed E-state index contributed by atoms with van der Waals surface area (Å²) < 4.78 is 1.19. The molecule has 0 aliphatic rings. The van der Waals surface area contributed by atoms with Gasteiger partial charge in [0.2, 0.25) is 5.91 Å². The summed E-state index contributed by atoms with van der Waals surface area (Å²) in [6, 6.07) is 14.2. The predicted octanol–water partition coefficient (Wildman–Crippen LogP) is 1.83. The lowest BCUT2D eigenvalue weighted by molar-refractivity contribution is -0.116. The van der Waals surface area contributed by atoms with E-state index in [0.29, 0.717) is 16.5 Å². The maximum Gasteiger partial charge on any atom is 0.273 e. The highest BCUT2D eigenvalue weighted by Crippen LogP contribution is 2.11. The van der Waals surface area contributed by atoms with Gasteiger partial charge in [0.15, 0.2) is 0 Å². The van der Waals surface area contributed by atoms with Gasteiger partial charge in [-0.2, -0.15) is 0 Å². The first-order chi connectivity index (χ1) is 13.1. The minimum absolute atomic E-state index is 0.0750. The van der Waals surface area contributed by atoms with Crippen molar-refractivity contribution in [1.82, 2.24) is 15.1 Å². The quantitative estimate of drug-likeness (QED) is 0.594. The number of amides is 1. The summed E-state index contributed by atoms with van der Waals surface area (Å²) in [6.45, 7) is 3.73. The number of hydrogen-bond acceptors (Lipinski definition) is 4. The van der Waals surface area contributed by atoms with Crippen molar-refractivity contribution in [2.45, 2.75) is 26.4 Å². The molecule has 1 amide bonds. The number of H-pyrrole nitrogens is 1. The number of fused-ring (bicyclic) bond motifs is 1. The number of carbonyl (C=O) groups is 1. The van der Waals surface area contributed by atoms with Crippen molar-refractivity contribution in [2.75, 3.05) is 11.9 Å². The Morgan fingerprint density at radius 2 is 1.85 bits per heavy atom. The lowest BCUT2D eigenvalue weighted by Gasteiger charge is -2.09. The molecule has 0 saturated carbocycles. The first kappa shape index (κ1) is 18.6. The van der Waals surface area contributed by atoms with Crippen LogP contribution < -0.4 is 21.8 Å². The van der Waals surface area contributed by atoms with E-state index in [1.165, 1.54) is 4.68 Å². The van der Waals surface area contributed by atoms with E-state index in [1.54, 1.807) is 24.3 Å². The summed E-state index contributed by atoms with van der Waals surface area (Å²) in [5.74, 6) is -0.225. The topological polar surface area (TPSA) is 96.0 Å². The van der Waals surface area contributed by atoms with Gasteiger partial charge in [-0.15, -0.1) is 0 Å². The van der Waals surface area contributed by atoms with Crippen LogP contribution in [0.5, 0.6) is 0 Å². The Labute approximate surface area is 156 Å². The van der Waals surface area contributed by atoms with Gasteiger partial charge in [0.05, 0.1) is 17.3 Å². The van der Waals surface area contributed by atoms with Crippen LogP contribution in [-0.4, -0.2) is 22.2 Å². The molecule has 2 aromatic carbocycles. The van der Waals surface area contributed by atoms with Gasteiger partial charge in [-0.25, -0.2) is 4.68 Å². The molecule has 0 atom stereocenters. The molecule has 0 saturated heterocycles. The number of carbonyl (C=O) groups excluding carboxylic acids is 1. The van der Waals surface area contributed by atoms with Crippen LogP contribution in [0.1, 0.15) is 18.9 Å². The molecule has 0 unspecified atom stereocenters. The van der Waals surface area contributed by atoms with Crippen LogP contribution in [0.4, 0.5) is 5.69 Å². The fraction of sp³-hybridized carbons (Fsp3) is 0.250. The van der Waals surface area contributed by atoms with Crippen molar-refractivity contribution in [3.05, 3.63) is 74.8 Å². The number of rotatable bonds is 7. The molecule has 3 aromatic rings. The highest BCUT2D eigenvalue weighted by molar-refractivity contribution is 5.90. The average molecular weight is 366 g/mol. The molecule has 0 bridgehead atoms. The molecule has 0 aliphatic heterocycles. The van der Waals surface area contributed by atoms with E-state index in [4.69, 9.17) is 0 Å². The van der Waals surface area contributed by atoms with Crippen molar-refractivity contribution in [1.29, 1.82) is 0 Å². The number of hydrogen-bond donors (Lipinski definition) is 3. The summed E-state index contributed by atoms with van der Waals surface area (Å²) >= 11 is 0. The van der Waals surface area contributed by atoms with Gasteiger partial charge in [0, 0.05) is 18.7 Å². The summed E-state index contributed by atoms with van der Waals surface area (Å²) in [4.78, 5) is 36.8. The van der Waals surface area contributed by atoms with E-state index < -0.39 is 0 Å². The zero-order valence-corrected chi connectivity index (χ0v) is 15.1. The molecule has 3 rings (SSSR count). The van der Waals surface area contributed by atoms with E-state index in [0.717, 1.165) is 18.7 Å². The van der Waals surface area contributed by atoms with E-state index in [-0.39, 0.29) is 30.0 Å². The van der Waals surface area contributed by atoms with Crippen molar-refractivity contribution in [2.24, 2.45) is 0 Å². The van der Waals surface area contributed by atoms with Gasteiger partial charge in [-0.05, 0) is 36.4 Å². The predicted molar refractivity (Wildman–Crippen MR) is 106 cm³/mol. The molecular weight excluding hydrogens is 344 g/mol. The van der Waals surface area contributed by atoms with E-state index in [1.807, 2.05) is 31.2 Å². The second kappa shape index (κ2) is 8.46. The monoisotopic (exact) mass is 366 g/mol. The Kier molecular flexibility index (Phi) is 5.83. The van der Waals surface area contributed by atoms with Crippen LogP contribution in [0.15, 0.2) is 58.1 Å². The average Bonchev–Trinajstić information content (AvgIpc) is 2.68. The lowest BCUT2D eigenvalue weighted by Crippen LogP contribution is -2.31. The standard InChI is InChI=1S/C20H22N4O3/c1-2-21-13-14-6-5-7-15(12-14)22-18(25)10-11-24-20(27)17-9-4-3-8-16(17)19(26)23-24/h3-9,12,21H,2,10-11,13H2,1H3,(H,22,25)(H,23,26). The van der Waals surface area contributed by atoms with E-state index >= 15 is 0 Å². The minimum atomic E-state index is -0.346. The van der Waals surface area contributed by atoms with Gasteiger partial charge in [0.25, 0.3) is 11.1 Å². The van der Waals surface area contributed by atoms with Crippen LogP contribution in [0.2, 0.25) is 0 Å². The van der Waals surface area contributed by atoms with Crippen LogP contribution >= 0.6 is 0 Å². The number of aromatic amines is 1. The fourth-order valence-electron chi connectivity index (χ4n) is 2.87. The summed E-state index contributed by atoms with van der Waals surface area (Å²) in [5, 5.41) is 9.28. The molecule has 0 spiro atoms. The Balaban J connectivity index is 1.68. The molecule has 140 valence electrons. The Morgan fingerprint density at radius 1 is 1.07 bits per heavy atom. The third-order valence-electron chi connectivity index (χ3n) is 4.24. The van der Waals surface area contributed by atoms with Crippen molar-refractivity contribution in [3.8, 4) is 0 Å². The van der Waals surface area contributed by atoms with Gasteiger partial charge in [-0.1, -0.05) is 31.2 Å². The Hall–Kier alpha value is -3.19. The van der Waals surface area contributed by atoms with Crippen molar-refractivity contribution >= 4 is 22.4 Å². The summed E-state index contributed by atoms with van der Waals surface area (Å²) in [6.07, 6.45) is 0.0750. The summed E-state index contributed by atoms with van der Waals surface area (Å²) in [5.41, 5.74) is 1.12. The highest BCUT2D eigenvalue weighted by Gasteiger charge is 2.09. The summed E-state index contributed by atoms with van der Waals surface area (Å²) in [7, 11) is 0. The van der Waals surface area contributed by atoms with Crippen LogP contribution in [0.25, 0.3) is 10.8 Å². The fourth-order valence-corrected chi connectivity index (χ4v) is 2.87. The molecule has 1 aromatic heterocycles. The molecule has 1 heterocycles. The molecule has 7 nitrogen and oxygen atoms in total. The molecule has 0 aliphatic carbocycles. The molecule has 0 radical (unpaired) electrons. The molecule has 7 heteroatoms. The third-order valence-corrected chi connectivity index (χ3v) is 4.24. The lowest BCUT2D eigenvalue weighted by atomic mass is 10.2. The van der Waals surface area contributed by atoms with Crippen molar-refractivity contribution in [3.63, 3.8) is 0 Å². The normalized spacial score (nSPS) is 10.9. The Bertz CT molecular complexity index is 1070. The van der Waals surface area contributed by atoms with Gasteiger partial charge >= 0.3 is 0 Å². The maximum atomic E-state index is 12.5. The smallest absolute Gasteiger partial charge is 0.273 e. The second-order valence-corrected chi connectivity index (χ2v) is 6.22. The highest BCUT2D eigenvalue weighted by atomic mass is 16.2.